The number of carbonyl (C=O) groups is 2. The number of hydrogen-bond acceptors (Lipinski definition) is 6. The first kappa shape index (κ1) is 18.9. The second kappa shape index (κ2) is 7.87. The number of amides is 1. The molecule has 0 radical (unpaired) electrons. The van der Waals surface area contributed by atoms with Crippen molar-refractivity contribution in [2.24, 2.45) is 0 Å². The number of rotatable bonds is 6. The lowest BCUT2D eigenvalue weighted by Crippen LogP contribution is -2.35. The molecule has 0 fully saturated rings. The number of carbonyl (C=O) groups excluding carboxylic acids is 2. The molecule has 0 aliphatic carbocycles. The zero-order chi connectivity index (χ0) is 20.4. The highest BCUT2D eigenvalue weighted by molar-refractivity contribution is 5.88. The van der Waals surface area contributed by atoms with Crippen LogP contribution in [0.3, 0.4) is 0 Å². The van der Waals surface area contributed by atoms with E-state index < -0.39 is 12.1 Å². The Kier molecular flexibility index (Phi) is 5.12. The maximum Gasteiger partial charge on any atom is 0.311 e. The maximum absolute atomic E-state index is 12.3. The molecule has 1 atom stereocenters. The van der Waals surface area contributed by atoms with Crippen molar-refractivity contribution in [1.29, 1.82) is 0 Å². The van der Waals surface area contributed by atoms with Crippen LogP contribution in [0.4, 0.5) is 0 Å². The average molecular weight is 395 g/mol. The molecule has 2 heterocycles. The topological polar surface area (TPSA) is 87.0 Å². The highest BCUT2D eigenvalue weighted by Gasteiger charge is 2.20. The number of hydrogen-bond donors (Lipinski definition) is 1. The van der Waals surface area contributed by atoms with Crippen LogP contribution in [0, 0.1) is 6.92 Å². The Labute approximate surface area is 167 Å². The molecular weight excluding hydrogens is 374 g/mol. The predicted octanol–water partition coefficient (Wildman–Crippen LogP) is 3.26. The maximum atomic E-state index is 12.3. The van der Waals surface area contributed by atoms with Crippen LogP contribution in [0.5, 0.6) is 11.5 Å². The first-order chi connectivity index (χ1) is 14.0. The Morgan fingerprint density at radius 1 is 1.14 bits per heavy atom. The van der Waals surface area contributed by atoms with Gasteiger partial charge in [0.1, 0.15) is 5.58 Å². The van der Waals surface area contributed by atoms with Gasteiger partial charge in [-0.05, 0) is 43.2 Å². The standard InChI is InChI=1S/C22H21NO6/c1-13-3-5-17-16(11-26-19(17)7-13)9-21(24)29-14(2)22(25)23-10-15-4-6-18-20(8-15)28-12-27-18/h3-8,11,14H,9-10,12H2,1-2H3,(H,23,25)/t14-/m0/s1. The van der Waals surface area contributed by atoms with E-state index in [1.54, 1.807) is 19.3 Å². The zero-order valence-corrected chi connectivity index (χ0v) is 16.2. The van der Waals surface area contributed by atoms with E-state index >= 15 is 0 Å². The lowest BCUT2D eigenvalue weighted by molar-refractivity contribution is -0.154. The van der Waals surface area contributed by atoms with E-state index in [2.05, 4.69) is 5.32 Å². The Morgan fingerprint density at radius 3 is 2.83 bits per heavy atom. The molecule has 2 aromatic carbocycles. The summed E-state index contributed by atoms with van der Waals surface area (Å²) in [6.45, 7) is 4.01. The summed E-state index contributed by atoms with van der Waals surface area (Å²) in [5.74, 6) is 0.478. The van der Waals surface area contributed by atoms with E-state index in [1.165, 1.54) is 0 Å². The molecule has 0 unspecified atom stereocenters. The van der Waals surface area contributed by atoms with Crippen molar-refractivity contribution < 1.29 is 28.2 Å². The van der Waals surface area contributed by atoms with Crippen LogP contribution in [0.1, 0.15) is 23.6 Å². The van der Waals surface area contributed by atoms with E-state index in [0.717, 1.165) is 27.7 Å². The number of aryl methyl sites for hydroxylation is 1. The third-order valence-corrected chi connectivity index (χ3v) is 4.73. The highest BCUT2D eigenvalue weighted by atomic mass is 16.7. The molecule has 29 heavy (non-hydrogen) atoms. The Bertz CT molecular complexity index is 1070. The number of benzene rings is 2. The van der Waals surface area contributed by atoms with Gasteiger partial charge in [0, 0.05) is 17.5 Å². The van der Waals surface area contributed by atoms with Gasteiger partial charge < -0.3 is 23.9 Å². The van der Waals surface area contributed by atoms with Crippen molar-refractivity contribution in [3.05, 3.63) is 59.4 Å². The molecule has 1 aromatic heterocycles. The molecule has 0 saturated heterocycles. The summed E-state index contributed by atoms with van der Waals surface area (Å²) in [4.78, 5) is 24.5. The number of nitrogens with one attached hydrogen (secondary N) is 1. The molecule has 1 N–H and O–H groups in total. The van der Waals surface area contributed by atoms with E-state index in [9.17, 15) is 9.59 Å². The fourth-order valence-electron chi connectivity index (χ4n) is 3.16. The first-order valence-corrected chi connectivity index (χ1v) is 9.32. The van der Waals surface area contributed by atoms with Gasteiger partial charge in [-0.15, -0.1) is 0 Å². The van der Waals surface area contributed by atoms with Gasteiger partial charge >= 0.3 is 5.97 Å². The van der Waals surface area contributed by atoms with Gasteiger partial charge in [0.15, 0.2) is 17.6 Å². The van der Waals surface area contributed by atoms with Crippen molar-refractivity contribution in [3.8, 4) is 11.5 Å². The third-order valence-electron chi connectivity index (χ3n) is 4.73. The molecule has 0 bridgehead atoms. The second-order valence-corrected chi connectivity index (χ2v) is 6.97. The number of ether oxygens (including phenoxy) is 3. The van der Waals surface area contributed by atoms with Crippen LogP contribution < -0.4 is 14.8 Å². The summed E-state index contributed by atoms with van der Waals surface area (Å²) < 4.78 is 21.4. The summed E-state index contributed by atoms with van der Waals surface area (Å²) in [6.07, 6.45) is 0.683. The van der Waals surface area contributed by atoms with Gasteiger partial charge in [-0.3, -0.25) is 9.59 Å². The van der Waals surface area contributed by atoms with E-state index in [-0.39, 0.29) is 19.1 Å². The summed E-state index contributed by atoms with van der Waals surface area (Å²) in [6, 6.07) is 11.2. The molecule has 0 saturated carbocycles. The lowest BCUT2D eigenvalue weighted by Gasteiger charge is -2.13. The molecule has 4 rings (SSSR count). The van der Waals surface area contributed by atoms with E-state index in [4.69, 9.17) is 18.6 Å². The first-order valence-electron chi connectivity index (χ1n) is 9.32. The molecule has 1 aliphatic heterocycles. The SMILES string of the molecule is Cc1ccc2c(CC(=O)O[C@@H](C)C(=O)NCc3ccc4c(c3)OCO4)coc2c1. The van der Waals surface area contributed by atoms with Crippen LogP contribution in [0.25, 0.3) is 11.0 Å². The van der Waals surface area contributed by atoms with Gasteiger partial charge in [-0.25, -0.2) is 0 Å². The van der Waals surface area contributed by atoms with Crippen molar-refractivity contribution in [1.82, 2.24) is 5.32 Å². The summed E-state index contributed by atoms with van der Waals surface area (Å²) in [5, 5.41) is 3.63. The van der Waals surface area contributed by atoms with Crippen molar-refractivity contribution >= 4 is 22.8 Å². The van der Waals surface area contributed by atoms with Crippen LogP contribution in [0.15, 0.2) is 47.1 Å². The minimum atomic E-state index is -0.906. The molecular formula is C22H21NO6. The Hall–Kier alpha value is -3.48. The predicted molar refractivity (Wildman–Crippen MR) is 105 cm³/mol. The van der Waals surface area contributed by atoms with Gasteiger partial charge in [-0.2, -0.15) is 0 Å². The molecule has 7 nitrogen and oxygen atoms in total. The summed E-state index contributed by atoms with van der Waals surface area (Å²) in [5.41, 5.74) is 3.40. The molecule has 1 aliphatic rings. The molecule has 7 heteroatoms. The average Bonchev–Trinajstić information content (AvgIpc) is 3.32. The second-order valence-electron chi connectivity index (χ2n) is 6.97. The zero-order valence-electron chi connectivity index (χ0n) is 16.2. The van der Waals surface area contributed by atoms with Crippen molar-refractivity contribution in [2.75, 3.05) is 6.79 Å². The molecule has 0 spiro atoms. The fourth-order valence-corrected chi connectivity index (χ4v) is 3.16. The van der Waals surface area contributed by atoms with Crippen LogP contribution in [-0.2, 0) is 27.3 Å². The summed E-state index contributed by atoms with van der Waals surface area (Å²) >= 11 is 0. The van der Waals surface area contributed by atoms with Gasteiger partial charge in [0.05, 0.1) is 12.7 Å². The van der Waals surface area contributed by atoms with Gasteiger partial charge in [0.25, 0.3) is 5.91 Å². The molecule has 1 amide bonds. The normalized spacial score (nSPS) is 13.3. The number of fused-ring (bicyclic) bond motifs is 2. The molecule has 150 valence electrons. The van der Waals surface area contributed by atoms with Crippen molar-refractivity contribution in [3.63, 3.8) is 0 Å². The number of esters is 1. The summed E-state index contributed by atoms with van der Waals surface area (Å²) in [7, 11) is 0. The van der Waals surface area contributed by atoms with Gasteiger partial charge in [0.2, 0.25) is 6.79 Å². The smallest absolute Gasteiger partial charge is 0.311 e. The fraction of sp³-hybridized carbons (Fsp3) is 0.273. The van der Waals surface area contributed by atoms with Crippen LogP contribution in [-0.4, -0.2) is 24.8 Å². The minimum absolute atomic E-state index is 0.0375. The van der Waals surface area contributed by atoms with E-state index in [1.807, 2.05) is 37.3 Å². The van der Waals surface area contributed by atoms with Gasteiger partial charge in [-0.1, -0.05) is 18.2 Å². The van der Waals surface area contributed by atoms with Crippen molar-refractivity contribution in [2.45, 2.75) is 32.9 Å². The lowest BCUT2D eigenvalue weighted by atomic mass is 10.1. The quantitative estimate of drug-likeness (QED) is 0.645. The Balaban J connectivity index is 1.30. The minimum Gasteiger partial charge on any atom is -0.464 e. The monoisotopic (exact) mass is 395 g/mol. The van der Waals surface area contributed by atoms with Crippen LogP contribution in [0.2, 0.25) is 0 Å². The largest absolute Gasteiger partial charge is 0.464 e. The third kappa shape index (κ3) is 4.18. The van der Waals surface area contributed by atoms with E-state index in [0.29, 0.717) is 18.0 Å². The Morgan fingerprint density at radius 2 is 1.97 bits per heavy atom. The van der Waals surface area contributed by atoms with Crippen LogP contribution >= 0.6 is 0 Å². The number of furan rings is 1. The molecule has 3 aromatic rings. The highest BCUT2D eigenvalue weighted by Crippen LogP contribution is 2.32.